The number of carbonyl (C=O) groups is 1. The highest BCUT2D eigenvalue weighted by molar-refractivity contribution is 5.95. The van der Waals surface area contributed by atoms with Gasteiger partial charge in [-0.3, -0.25) is 10.2 Å². The molecule has 6 N–H and O–H groups in total. The van der Waals surface area contributed by atoms with Gasteiger partial charge in [0.1, 0.15) is 11.9 Å². The molecule has 0 radical (unpaired) electrons. The zero-order valence-electron chi connectivity index (χ0n) is 7.40. The normalized spacial score (nSPS) is 12.1. The highest BCUT2D eigenvalue weighted by Crippen LogP contribution is 2.11. The van der Waals surface area contributed by atoms with Crippen LogP contribution in [0.4, 0.5) is 0 Å². The Morgan fingerprint density at radius 2 is 1.86 bits per heavy atom. The summed E-state index contributed by atoms with van der Waals surface area (Å²) in [4.78, 5) is 10.5. The number of nitrogen functional groups attached to an aromatic ring is 1. The van der Waals surface area contributed by atoms with Gasteiger partial charge in [-0.05, 0) is 5.56 Å². The van der Waals surface area contributed by atoms with Crippen LogP contribution in [0.15, 0.2) is 24.3 Å². The van der Waals surface area contributed by atoms with Crippen LogP contribution in [0.3, 0.4) is 0 Å². The maximum atomic E-state index is 10.5. The van der Waals surface area contributed by atoms with Crippen molar-refractivity contribution in [3.05, 3.63) is 35.4 Å². The zero-order valence-corrected chi connectivity index (χ0v) is 7.40. The lowest BCUT2D eigenvalue weighted by Gasteiger charge is -2.06. The van der Waals surface area contributed by atoms with Gasteiger partial charge in [-0.1, -0.05) is 24.3 Å². The van der Waals surface area contributed by atoms with Crippen molar-refractivity contribution in [1.29, 1.82) is 5.41 Å². The first-order valence-electron chi connectivity index (χ1n) is 3.95. The Morgan fingerprint density at radius 3 is 2.21 bits per heavy atom. The number of hydrogen-bond donors (Lipinski definition) is 4. The Hall–Kier alpha value is -1.88. The molecule has 5 nitrogen and oxygen atoms in total. The van der Waals surface area contributed by atoms with Gasteiger partial charge in [0.2, 0.25) is 0 Å². The summed E-state index contributed by atoms with van der Waals surface area (Å²) in [6.45, 7) is 0. The summed E-state index contributed by atoms with van der Waals surface area (Å²) in [7, 11) is 0. The molecule has 0 unspecified atom stereocenters. The average molecular weight is 193 g/mol. The van der Waals surface area contributed by atoms with E-state index in [2.05, 4.69) is 0 Å². The fourth-order valence-corrected chi connectivity index (χ4v) is 1.01. The molecular weight excluding hydrogens is 182 g/mol. The zero-order chi connectivity index (χ0) is 10.7. The molecule has 0 saturated carbocycles. The van der Waals surface area contributed by atoms with E-state index in [1.165, 1.54) is 0 Å². The van der Waals surface area contributed by atoms with Crippen molar-refractivity contribution in [3.8, 4) is 0 Å². The van der Waals surface area contributed by atoms with Gasteiger partial charge >= 0.3 is 5.97 Å². The van der Waals surface area contributed by atoms with E-state index >= 15 is 0 Å². The smallest absolute Gasteiger partial charge is 0.325 e. The van der Waals surface area contributed by atoms with Crippen molar-refractivity contribution >= 4 is 11.8 Å². The number of aliphatic carboxylic acids is 1. The van der Waals surface area contributed by atoms with Crippen molar-refractivity contribution in [2.45, 2.75) is 6.04 Å². The molecule has 1 aromatic carbocycles. The maximum absolute atomic E-state index is 10.5. The second-order valence-corrected chi connectivity index (χ2v) is 2.85. The molecule has 0 fully saturated rings. The molecule has 0 saturated heterocycles. The van der Waals surface area contributed by atoms with Gasteiger partial charge in [-0.25, -0.2) is 0 Å². The molecule has 1 aromatic rings. The fourth-order valence-electron chi connectivity index (χ4n) is 1.01. The minimum Gasteiger partial charge on any atom is -0.480 e. The highest BCUT2D eigenvalue weighted by Gasteiger charge is 2.13. The van der Waals surface area contributed by atoms with Crippen LogP contribution < -0.4 is 11.5 Å². The van der Waals surface area contributed by atoms with Crippen LogP contribution in [0, 0.1) is 5.41 Å². The molecule has 0 bridgehead atoms. The van der Waals surface area contributed by atoms with E-state index in [1.54, 1.807) is 24.3 Å². The third-order valence-corrected chi connectivity index (χ3v) is 1.85. The summed E-state index contributed by atoms with van der Waals surface area (Å²) in [5, 5.41) is 15.7. The van der Waals surface area contributed by atoms with Crippen LogP contribution in [0.5, 0.6) is 0 Å². The topological polar surface area (TPSA) is 113 Å². The number of benzene rings is 1. The van der Waals surface area contributed by atoms with Crippen LogP contribution in [-0.2, 0) is 4.79 Å². The van der Waals surface area contributed by atoms with E-state index in [1.807, 2.05) is 0 Å². The lowest BCUT2D eigenvalue weighted by atomic mass is 10.1. The van der Waals surface area contributed by atoms with Crippen LogP contribution in [0.2, 0.25) is 0 Å². The third kappa shape index (κ3) is 2.08. The van der Waals surface area contributed by atoms with E-state index in [4.69, 9.17) is 22.0 Å². The van der Waals surface area contributed by atoms with Crippen molar-refractivity contribution in [2.24, 2.45) is 11.5 Å². The van der Waals surface area contributed by atoms with E-state index in [0.29, 0.717) is 11.1 Å². The van der Waals surface area contributed by atoms with Gasteiger partial charge in [-0.2, -0.15) is 0 Å². The summed E-state index contributed by atoms with van der Waals surface area (Å²) in [5.41, 5.74) is 11.7. The minimum absolute atomic E-state index is 0.0551. The SMILES string of the molecule is N=C(N)c1ccc([C@@H](N)C(=O)O)cc1. The van der Waals surface area contributed by atoms with Gasteiger partial charge in [0.05, 0.1) is 0 Å². The lowest BCUT2D eigenvalue weighted by molar-refractivity contribution is -0.138. The fraction of sp³-hybridized carbons (Fsp3) is 0.111. The Labute approximate surface area is 80.8 Å². The molecule has 14 heavy (non-hydrogen) atoms. The summed E-state index contributed by atoms with van der Waals surface area (Å²) >= 11 is 0. The Kier molecular flexibility index (Phi) is 2.83. The van der Waals surface area contributed by atoms with E-state index < -0.39 is 12.0 Å². The second-order valence-electron chi connectivity index (χ2n) is 2.85. The molecule has 1 atom stereocenters. The summed E-state index contributed by atoms with van der Waals surface area (Å²) < 4.78 is 0. The Morgan fingerprint density at radius 1 is 1.36 bits per heavy atom. The number of nitrogens with two attached hydrogens (primary N) is 2. The van der Waals surface area contributed by atoms with Crippen molar-refractivity contribution in [3.63, 3.8) is 0 Å². The van der Waals surface area contributed by atoms with Crippen molar-refractivity contribution in [2.75, 3.05) is 0 Å². The predicted octanol–water partition coefficient (Wildman–Crippen LogP) is 0.0551. The van der Waals surface area contributed by atoms with Gasteiger partial charge in [0.15, 0.2) is 0 Å². The number of carboxylic acids is 1. The molecule has 0 amide bonds. The van der Waals surface area contributed by atoms with Crippen molar-refractivity contribution < 1.29 is 9.90 Å². The molecule has 0 aliphatic rings. The standard InChI is InChI=1S/C9H11N3O2/c10-7(9(13)14)5-1-3-6(4-2-5)8(11)12/h1-4,7H,10H2,(H3,11,12)(H,13,14)/t7-/m1/s1. The van der Waals surface area contributed by atoms with Crippen LogP contribution in [0.25, 0.3) is 0 Å². The Balaban J connectivity index is 2.94. The van der Waals surface area contributed by atoms with E-state index in [-0.39, 0.29) is 5.84 Å². The van der Waals surface area contributed by atoms with Crippen LogP contribution in [0.1, 0.15) is 17.2 Å². The first kappa shape index (κ1) is 10.2. The third-order valence-electron chi connectivity index (χ3n) is 1.85. The molecule has 0 spiro atoms. The van der Waals surface area contributed by atoms with E-state index in [9.17, 15) is 4.79 Å². The average Bonchev–Trinajstić information content (AvgIpc) is 2.16. The summed E-state index contributed by atoms with van der Waals surface area (Å²) in [6, 6.07) is 5.21. The summed E-state index contributed by atoms with van der Waals surface area (Å²) in [5.74, 6) is -1.14. The van der Waals surface area contributed by atoms with Gasteiger partial charge in [0, 0.05) is 5.56 Å². The molecular formula is C9H11N3O2. The molecule has 0 aliphatic heterocycles. The number of amidine groups is 1. The Bertz CT molecular complexity index is 359. The molecule has 0 aromatic heterocycles. The first-order valence-corrected chi connectivity index (χ1v) is 3.95. The summed E-state index contributed by atoms with van der Waals surface area (Å²) in [6.07, 6.45) is 0. The van der Waals surface area contributed by atoms with Gasteiger partial charge in [-0.15, -0.1) is 0 Å². The second kappa shape index (κ2) is 3.89. The molecule has 74 valence electrons. The number of nitrogens with one attached hydrogen (secondary N) is 1. The monoisotopic (exact) mass is 193 g/mol. The maximum Gasteiger partial charge on any atom is 0.325 e. The number of hydrogen-bond acceptors (Lipinski definition) is 3. The molecule has 0 aliphatic carbocycles. The van der Waals surface area contributed by atoms with Crippen molar-refractivity contribution in [1.82, 2.24) is 0 Å². The minimum atomic E-state index is -1.08. The molecule has 1 rings (SSSR count). The lowest BCUT2D eigenvalue weighted by Crippen LogP contribution is -2.20. The first-order chi connectivity index (χ1) is 6.52. The van der Waals surface area contributed by atoms with Gasteiger partial charge < -0.3 is 16.6 Å². The van der Waals surface area contributed by atoms with Gasteiger partial charge in [0.25, 0.3) is 0 Å². The largest absolute Gasteiger partial charge is 0.480 e. The van der Waals surface area contributed by atoms with Crippen LogP contribution in [-0.4, -0.2) is 16.9 Å². The van der Waals surface area contributed by atoms with E-state index in [0.717, 1.165) is 0 Å². The number of carboxylic acid groups (broad SMARTS) is 1. The highest BCUT2D eigenvalue weighted by atomic mass is 16.4. The molecule has 0 heterocycles. The number of rotatable bonds is 3. The predicted molar refractivity (Wildman–Crippen MR) is 52.0 cm³/mol. The molecule has 5 heteroatoms. The quantitative estimate of drug-likeness (QED) is 0.401. The van der Waals surface area contributed by atoms with Crippen LogP contribution >= 0.6 is 0 Å².